The number of rotatable bonds is 2. The molecule has 0 radical (unpaired) electrons. The summed E-state index contributed by atoms with van der Waals surface area (Å²) >= 11 is 0. The molecule has 0 saturated carbocycles. The zero-order chi connectivity index (χ0) is 8.27. The predicted octanol–water partition coefficient (Wildman–Crippen LogP) is 1.10. The van der Waals surface area contributed by atoms with Gasteiger partial charge >= 0.3 is 0 Å². The van der Waals surface area contributed by atoms with E-state index in [1.54, 1.807) is 0 Å². The molecule has 66 valence electrons. The van der Waals surface area contributed by atoms with E-state index in [1.807, 2.05) is 6.92 Å². The zero-order valence-electron chi connectivity index (χ0n) is 7.58. The van der Waals surface area contributed by atoms with Crippen LogP contribution in [0.2, 0.25) is 0 Å². The molecular formula is C9H19NO. The molecule has 1 heterocycles. The normalized spacial score (nSPS) is 30.3. The second-order valence-electron chi connectivity index (χ2n) is 3.54. The highest BCUT2D eigenvalue weighted by Gasteiger charge is 2.21. The van der Waals surface area contributed by atoms with Crippen molar-refractivity contribution in [1.29, 1.82) is 0 Å². The molecule has 2 unspecified atom stereocenters. The largest absolute Gasteiger partial charge is 0.393 e. The highest BCUT2D eigenvalue weighted by Crippen LogP contribution is 2.18. The first-order valence-corrected chi connectivity index (χ1v) is 4.64. The summed E-state index contributed by atoms with van der Waals surface area (Å²) in [6, 6.07) is 0. The maximum atomic E-state index is 9.36. The van der Waals surface area contributed by atoms with E-state index in [4.69, 9.17) is 0 Å². The summed E-state index contributed by atoms with van der Waals surface area (Å²) in [4.78, 5) is 2.42. The van der Waals surface area contributed by atoms with Crippen molar-refractivity contribution in [1.82, 2.24) is 4.90 Å². The Morgan fingerprint density at radius 2 is 2.36 bits per heavy atom. The molecule has 2 nitrogen and oxygen atoms in total. The van der Waals surface area contributed by atoms with Gasteiger partial charge < -0.3 is 10.0 Å². The molecule has 0 bridgehead atoms. The van der Waals surface area contributed by atoms with Gasteiger partial charge in [0.1, 0.15) is 0 Å². The third-order valence-electron chi connectivity index (χ3n) is 2.67. The highest BCUT2D eigenvalue weighted by atomic mass is 16.3. The van der Waals surface area contributed by atoms with Gasteiger partial charge in [-0.15, -0.1) is 0 Å². The molecule has 1 aliphatic rings. The Balaban J connectivity index is 2.33. The standard InChI is InChI=1S/C9H19NO/c1-3-10-6-4-5-9(7-10)8(2)11/h8-9,11H,3-7H2,1-2H3. The molecule has 0 amide bonds. The van der Waals surface area contributed by atoms with Crippen LogP contribution in [0.15, 0.2) is 0 Å². The Labute approximate surface area is 69.2 Å². The number of likely N-dealkylation sites (tertiary alicyclic amines) is 1. The average molecular weight is 157 g/mol. The van der Waals surface area contributed by atoms with Crippen LogP contribution in [0.3, 0.4) is 0 Å². The highest BCUT2D eigenvalue weighted by molar-refractivity contribution is 4.75. The van der Waals surface area contributed by atoms with Crippen molar-refractivity contribution in [2.24, 2.45) is 5.92 Å². The summed E-state index contributed by atoms with van der Waals surface area (Å²) in [6.07, 6.45) is 2.33. The Bertz CT molecular complexity index is 114. The Morgan fingerprint density at radius 3 is 2.91 bits per heavy atom. The van der Waals surface area contributed by atoms with Gasteiger partial charge in [-0.25, -0.2) is 0 Å². The van der Waals surface area contributed by atoms with Gasteiger partial charge in [0, 0.05) is 6.54 Å². The lowest BCUT2D eigenvalue weighted by molar-refractivity contribution is 0.0651. The van der Waals surface area contributed by atoms with Crippen LogP contribution in [0.5, 0.6) is 0 Å². The van der Waals surface area contributed by atoms with Gasteiger partial charge in [-0.05, 0) is 38.8 Å². The summed E-state index contributed by atoms with van der Waals surface area (Å²) in [6.45, 7) is 7.53. The first-order valence-electron chi connectivity index (χ1n) is 4.64. The van der Waals surface area contributed by atoms with Gasteiger partial charge in [0.25, 0.3) is 0 Å². The number of hydrogen-bond donors (Lipinski definition) is 1. The van der Waals surface area contributed by atoms with Gasteiger partial charge in [0.2, 0.25) is 0 Å². The zero-order valence-corrected chi connectivity index (χ0v) is 7.58. The SMILES string of the molecule is CCN1CCCC(C(C)O)C1. The molecule has 1 aliphatic heterocycles. The maximum absolute atomic E-state index is 9.36. The fraction of sp³-hybridized carbons (Fsp3) is 1.00. The summed E-state index contributed by atoms with van der Waals surface area (Å²) < 4.78 is 0. The van der Waals surface area contributed by atoms with E-state index in [0.717, 1.165) is 13.1 Å². The van der Waals surface area contributed by atoms with Crippen LogP contribution in [-0.2, 0) is 0 Å². The number of hydrogen-bond acceptors (Lipinski definition) is 2. The molecule has 1 N–H and O–H groups in total. The number of piperidine rings is 1. The Kier molecular flexibility index (Phi) is 3.34. The topological polar surface area (TPSA) is 23.5 Å². The third-order valence-corrected chi connectivity index (χ3v) is 2.67. The second-order valence-corrected chi connectivity index (χ2v) is 3.54. The Morgan fingerprint density at radius 1 is 1.64 bits per heavy atom. The molecule has 0 aromatic rings. The molecule has 1 saturated heterocycles. The molecule has 0 aromatic carbocycles. The van der Waals surface area contributed by atoms with E-state index in [1.165, 1.54) is 19.4 Å². The predicted molar refractivity (Wildman–Crippen MR) is 46.5 cm³/mol. The van der Waals surface area contributed by atoms with Crippen LogP contribution in [-0.4, -0.2) is 35.7 Å². The summed E-state index contributed by atoms with van der Waals surface area (Å²) in [5, 5.41) is 9.36. The first-order chi connectivity index (χ1) is 5.24. The van der Waals surface area contributed by atoms with Crippen LogP contribution in [0.1, 0.15) is 26.7 Å². The maximum Gasteiger partial charge on any atom is 0.0552 e. The quantitative estimate of drug-likeness (QED) is 0.649. The van der Waals surface area contributed by atoms with Crippen LogP contribution >= 0.6 is 0 Å². The van der Waals surface area contributed by atoms with E-state index in [2.05, 4.69) is 11.8 Å². The number of aliphatic hydroxyl groups is 1. The van der Waals surface area contributed by atoms with Gasteiger partial charge in [0.15, 0.2) is 0 Å². The lowest BCUT2D eigenvalue weighted by Crippen LogP contribution is -2.39. The summed E-state index contributed by atoms with van der Waals surface area (Å²) in [5.74, 6) is 0.517. The van der Waals surface area contributed by atoms with Gasteiger partial charge in [-0.2, -0.15) is 0 Å². The summed E-state index contributed by atoms with van der Waals surface area (Å²) in [7, 11) is 0. The first kappa shape index (κ1) is 9.01. The van der Waals surface area contributed by atoms with E-state index in [9.17, 15) is 5.11 Å². The van der Waals surface area contributed by atoms with Crippen LogP contribution in [0.25, 0.3) is 0 Å². The molecule has 1 fully saturated rings. The smallest absolute Gasteiger partial charge is 0.0552 e. The van der Waals surface area contributed by atoms with E-state index >= 15 is 0 Å². The molecule has 11 heavy (non-hydrogen) atoms. The van der Waals surface area contributed by atoms with Crippen molar-refractivity contribution in [2.45, 2.75) is 32.8 Å². The van der Waals surface area contributed by atoms with E-state index < -0.39 is 0 Å². The molecule has 0 aliphatic carbocycles. The van der Waals surface area contributed by atoms with Crippen LogP contribution in [0.4, 0.5) is 0 Å². The van der Waals surface area contributed by atoms with Crippen molar-refractivity contribution in [3.63, 3.8) is 0 Å². The molecule has 0 aromatic heterocycles. The molecule has 2 atom stereocenters. The van der Waals surface area contributed by atoms with Crippen molar-refractivity contribution < 1.29 is 5.11 Å². The second kappa shape index (κ2) is 4.07. The van der Waals surface area contributed by atoms with Crippen LogP contribution in [0, 0.1) is 5.92 Å². The summed E-state index contributed by atoms with van der Waals surface area (Å²) in [5.41, 5.74) is 0. The van der Waals surface area contributed by atoms with Crippen molar-refractivity contribution in [2.75, 3.05) is 19.6 Å². The van der Waals surface area contributed by atoms with Crippen molar-refractivity contribution in [3.05, 3.63) is 0 Å². The van der Waals surface area contributed by atoms with E-state index in [-0.39, 0.29) is 6.10 Å². The molecule has 2 heteroatoms. The fourth-order valence-corrected chi connectivity index (χ4v) is 1.77. The van der Waals surface area contributed by atoms with Crippen LogP contribution < -0.4 is 0 Å². The lowest BCUT2D eigenvalue weighted by Gasteiger charge is -2.33. The molecular weight excluding hydrogens is 138 g/mol. The third kappa shape index (κ3) is 2.46. The minimum atomic E-state index is -0.121. The monoisotopic (exact) mass is 157 g/mol. The van der Waals surface area contributed by atoms with Gasteiger partial charge in [0.05, 0.1) is 6.10 Å². The van der Waals surface area contributed by atoms with Gasteiger partial charge in [-0.1, -0.05) is 6.92 Å². The van der Waals surface area contributed by atoms with Crippen molar-refractivity contribution >= 4 is 0 Å². The molecule has 1 rings (SSSR count). The van der Waals surface area contributed by atoms with Gasteiger partial charge in [-0.3, -0.25) is 0 Å². The number of aliphatic hydroxyl groups excluding tert-OH is 1. The van der Waals surface area contributed by atoms with Crippen molar-refractivity contribution in [3.8, 4) is 0 Å². The number of nitrogens with zero attached hydrogens (tertiary/aromatic N) is 1. The lowest BCUT2D eigenvalue weighted by atomic mass is 9.93. The average Bonchev–Trinajstić information content (AvgIpc) is 2.05. The minimum Gasteiger partial charge on any atom is -0.393 e. The molecule has 0 spiro atoms. The fourth-order valence-electron chi connectivity index (χ4n) is 1.77. The van der Waals surface area contributed by atoms with E-state index in [0.29, 0.717) is 5.92 Å². The Hall–Kier alpha value is -0.0800. The minimum absolute atomic E-state index is 0.121.